The van der Waals surface area contributed by atoms with E-state index in [1.807, 2.05) is 0 Å². The monoisotopic (exact) mass is 467 g/mol. The molecule has 7 unspecified atom stereocenters. The van der Waals surface area contributed by atoms with Crippen LogP contribution in [0.5, 0.6) is 0 Å². The molecule has 0 heterocycles. The van der Waals surface area contributed by atoms with E-state index in [9.17, 15) is 13.2 Å². The molecule has 5 nitrogen and oxygen atoms in total. The van der Waals surface area contributed by atoms with Crippen molar-refractivity contribution in [2.45, 2.75) is 97.8 Å². The molecule has 0 aromatic carbocycles. The Labute approximate surface area is 195 Å². The van der Waals surface area contributed by atoms with Crippen LogP contribution in [-0.4, -0.2) is 31.2 Å². The maximum atomic E-state index is 12.2. The summed E-state index contributed by atoms with van der Waals surface area (Å²) in [6, 6.07) is 0. The lowest BCUT2D eigenvalue weighted by molar-refractivity contribution is -0.122. The highest BCUT2D eigenvalue weighted by molar-refractivity contribution is 7.85. The lowest BCUT2D eigenvalue weighted by Crippen LogP contribution is -2.53. The number of hydrogen-bond donors (Lipinski definition) is 2. The van der Waals surface area contributed by atoms with Gasteiger partial charge in [0, 0.05) is 13.0 Å². The third kappa shape index (κ3) is 4.64. The van der Waals surface area contributed by atoms with Gasteiger partial charge in [-0.1, -0.05) is 33.6 Å². The number of hydrogen-bond acceptors (Lipinski definition) is 3. The molecule has 32 heavy (non-hydrogen) atoms. The second-order valence-electron chi connectivity index (χ2n) is 12.3. The number of carbonyl (C=O) groups is 1. The van der Waals surface area contributed by atoms with E-state index in [0.29, 0.717) is 29.1 Å². The minimum atomic E-state index is -4.02. The maximum Gasteiger partial charge on any atom is 0.266 e. The molecule has 0 aromatic heterocycles. The summed E-state index contributed by atoms with van der Waals surface area (Å²) in [5.74, 6) is 4.35. The van der Waals surface area contributed by atoms with Gasteiger partial charge in [-0.05, 0) is 104 Å². The fraction of sp³-hybridized carbons (Fsp3) is 0.962. The first-order valence-corrected chi connectivity index (χ1v) is 14.9. The van der Waals surface area contributed by atoms with Gasteiger partial charge in [0.25, 0.3) is 10.1 Å². The average Bonchev–Trinajstić information content (AvgIpc) is 3.08. The highest BCUT2D eigenvalue weighted by Gasteiger charge is 2.60. The molecule has 4 aliphatic rings. The van der Waals surface area contributed by atoms with Gasteiger partial charge in [0.15, 0.2) is 0 Å². The van der Waals surface area contributed by atoms with Crippen molar-refractivity contribution in [1.82, 2.24) is 5.32 Å². The summed E-state index contributed by atoms with van der Waals surface area (Å²) >= 11 is 0. The molecule has 8 atom stereocenters. The van der Waals surface area contributed by atoms with Crippen molar-refractivity contribution in [3.8, 4) is 0 Å². The molecule has 6 heteroatoms. The van der Waals surface area contributed by atoms with E-state index in [4.69, 9.17) is 4.55 Å². The van der Waals surface area contributed by atoms with Gasteiger partial charge < -0.3 is 5.32 Å². The van der Waals surface area contributed by atoms with Gasteiger partial charge in [0.2, 0.25) is 5.91 Å². The first kappa shape index (κ1) is 24.5. The van der Waals surface area contributed by atoms with Gasteiger partial charge in [-0.2, -0.15) is 8.42 Å². The minimum absolute atomic E-state index is 0.0158. The summed E-state index contributed by atoms with van der Waals surface area (Å²) in [5.41, 5.74) is 1.01. The van der Waals surface area contributed by atoms with Gasteiger partial charge >= 0.3 is 0 Å². The van der Waals surface area contributed by atoms with E-state index < -0.39 is 15.9 Å². The molecule has 4 aliphatic carbocycles. The van der Waals surface area contributed by atoms with Gasteiger partial charge in [-0.25, -0.2) is 0 Å². The van der Waals surface area contributed by atoms with Crippen LogP contribution in [0.25, 0.3) is 0 Å². The Kier molecular flexibility index (Phi) is 7.05. The topological polar surface area (TPSA) is 83.5 Å². The van der Waals surface area contributed by atoms with Crippen LogP contribution in [-0.2, 0) is 14.9 Å². The largest absolute Gasteiger partial charge is 0.355 e. The quantitative estimate of drug-likeness (QED) is 0.487. The van der Waals surface area contributed by atoms with Crippen LogP contribution in [0.1, 0.15) is 97.8 Å². The van der Waals surface area contributed by atoms with Crippen molar-refractivity contribution in [3.05, 3.63) is 0 Å². The van der Waals surface area contributed by atoms with Crippen LogP contribution in [0.15, 0.2) is 0 Å². The minimum Gasteiger partial charge on any atom is -0.355 e. The number of fused-ring (bicyclic) bond motifs is 5. The van der Waals surface area contributed by atoms with Crippen LogP contribution in [0.4, 0.5) is 0 Å². The van der Waals surface area contributed by atoms with Gasteiger partial charge in [-0.3, -0.25) is 9.35 Å². The number of carbonyl (C=O) groups excluding carboxylic acids is 1. The van der Waals surface area contributed by atoms with Crippen LogP contribution < -0.4 is 5.32 Å². The molecule has 0 bridgehead atoms. The normalized spacial score (nSPS) is 42.4. The smallest absolute Gasteiger partial charge is 0.266 e. The number of amides is 1. The van der Waals surface area contributed by atoms with E-state index in [1.54, 1.807) is 0 Å². The van der Waals surface area contributed by atoms with Crippen molar-refractivity contribution in [2.24, 2.45) is 46.3 Å². The molecule has 4 rings (SSSR count). The second kappa shape index (κ2) is 9.20. The molecular formula is C26H45NO4S. The van der Waals surface area contributed by atoms with Crippen LogP contribution in [0.3, 0.4) is 0 Å². The summed E-state index contributed by atoms with van der Waals surface area (Å²) in [6.07, 6.45) is 15.4. The zero-order chi connectivity index (χ0) is 23.1. The van der Waals surface area contributed by atoms with Crippen molar-refractivity contribution in [2.75, 3.05) is 12.3 Å². The molecule has 4 fully saturated rings. The van der Waals surface area contributed by atoms with E-state index in [1.165, 1.54) is 64.2 Å². The Balaban J connectivity index is 1.35. The summed E-state index contributed by atoms with van der Waals surface area (Å²) in [5, 5.41) is 2.64. The Morgan fingerprint density at radius 1 is 1.00 bits per heavy atom. The van der Waals surface area contributed by atoms with Crippen molar-refractivity contribution >= 4 is 16.0 Å². The van der Waals surface area contributed by atoms with E-state index in [0.717, 1.165) is 30.1 Å². The van der Waals surface area contributed by atoms with Crippen LogP contribution in [0, 0.1) is 46.3 Å². The molecule has 4 saturated carbocycles. The van der Waals surface area contributed by atoms with Gasteiger partial charge in [0.05, 0.1) is 5.75 Å². The Bertz CT molecular complexity index is 798. The first-order chi connectivity index (χ1) is 15.0. The van der Waals surface area contributed by atoms with Crippen LogP contribution >= 0.6 is 0 Å². The predicted molar refractivity (Wildman–Crippen MR) is 128 cm³/mol. The lowest BCUT2D eigenvalue weighted by Gasteiger charge is -2.61. The molecular weight excluding hydrogens is 422 g/mol. The van der Waals surface area contributed by atoms with E-state index in [2.05, 4.69) is 26.1 Å². The summed E-state index contributed by atoms with van der Waals surface area (Å²) in [4.78, 5) is 12.2. The third-order valence-corrected chi connectivity index (χ3v) is 11.6. The molecule has 0 radical (unpaired) electrons. The Morgan fingerprint density at radius 3 is 2.50 bits per heavy atom. The molecule has 2 N–H and O–H groups in total. The first-order valence-electron chi connectivity index (χ1n) is 13.3. The molecule has 0 aliphatic heterocycles. The Hall–Kier alpha value is -0.620. The lowest BCUT2D eigenvalue weighted by atomic mass is 9.44. The van der Waals surface area contributed by atoms with Crippen molar-refractivity contribution < 1.29 is 17.8 Å². The summed E-state index contributed by atoms with van der Waals surface area (Å²) in [6.45, 7) is 7.53. The zero-order valence-electron chi connectivity index (χ0n) is 20.4. The molecule has 1 amide bonds. The number of nitrogens with one attached hydrogen (secondary N) is 1. The molecule has 0 spiro atoms. The fourth-order valence-corrected chi connectivity index (χ4v) is 9.60. The second-order valence-corrected chi connectivity index (χ2v) is 13.9. The zero-order valence-corrected chi connectivity index (χ0v) is 21.3. The highest BCUT2D eigenvalue weighted by atomic mass is 32.2. The van der Waals surface area contributed by atoms with Gasteiger partial charge in [0.1, 0.15) is 0 Å². The molecule has 184 valence electrons. The van der Waals surface area contributed by atoms with Crippen molar-refractivity contribution in [1.29, 1.82) is 0 Å². The third-order valence-electron chi connectivity index (χ3n) is 10.9. The van der Waals surface area contributed by atoms with E-state index >= 15 is 0 Å². The standard InChI is InChI=1S/C26H45NO4S/c1-18(7-12-24(28)27-16-17-32(29,30)31)21-10-11-22-20-9-8-19-6-4-5-14-25(19,2)23(20)13-15-26(21,22)3/h18-23H,4-17H2,1-3H3,(H,27,28)(H,29,30,31)/t18-,19?,20?,21?,22?,23?,25?,26?/m1/s1. The Morgan fingerprint density at radius 2 is 1.75 bits per heavy atom. The maximum absolute atomic E-state index is 12.2. The molecule has 0 aromatic rings. The SMILES string of the molecule is C[C@H](CCC(=O)NCCS(=O)(=O)O)C1CCC2C3CCC4CCCCC4(C)C3CCC21C. The highest BCUT2D eigenvalue weighted by Crippen LogP contribution is 2.68. The molecule has 0 saturated heterocycles. The summed E-state index contributed by atoms with van der Waals surface area (Å²) < 4.78 is 30.5. The van der Waals surface area contributed by atoms with E-state index in [-0.39, 0.29) is 12.5 Å². The summed E-state index contributed by atoms with van der Waals surface area (Å²) in [7, 11) is -4.02. The van der Waals surface area contributed by atoms with Gasteiger partial charge in [-0.15, -0.1) is 0 Å². The predicted octanol–water partition coefficient (Wildman–Crippen LogP) is 5.46. The fourth-order valence-electron chi connectivity index (χ4n) is 9.24. The van der Waals surface area contributed by atoms with Crippen LogP contribution in [0.2, 0.25) is 0 Å². The number of rotatable bonds is 7. The average molecular weight is 468 g/mol. The van der Waals surface area contributed by atoms with Crippen molar-refractivity contribution in [3.63, 3.8) is 0 Å².